The largest absolute Gasteiger partial charge is 0.493 e. The topological polar surface area (TPSA) is 59.1 Å². The molecule has 0 bridgehead atoms. The monoisotopic (exact) mass is 458 g/mol. The fourth-order valence-corrected chi connectivity index (χ4v) is 3.93. The molecule has 2 amide bonds. The first kappa shape index (κ1) is 22.2. The predicted octanol–water partition coefficient (Wildman–Crippen LogP) is 4.84. The average molecular weight is 459 g/mol. The summed E-state index contributed by atoms with van der Waals surface area (Å²) in [6.07, 6.45) is 1.55. The minimum absolute atomic E-state index is 0.0116. The number of rotatable bonds is 6. The Morgan fingerprint density at radius 2 is 1.36 bits per heavy atom. The van der Waals surface area contributed by atoms with Crippen LogP contribution in [0, 0.1) is 0 Å². The highest BCUT2D eigenvalue weighted by molar-refractivity contribution is 7.81. The first-order valence-electron chi connectivity index (χ1n) is 10.4. The van der Waals surface area contributed by atoms with Crippen LogP contribution < -0.4 is 19.3 Å². The molecule has 0 N–H and O–H groups in total. The van der Waals surface area contributed by atoms with Crippen LogP contribution in [0.25, 0.3) is 6.08 Å². The summed E-state index contributed by atoms with van der Waals surface area (Å²) in [4.78, 5) is 29.8. The Morgan fingerprint density at radius 3 is 1.85 bits per heavy atom. The molecule has 0 aliphatic carbocycles. The molecule has 0 spiro atoms. The standard InChI is InChI=1S/C26H22N2O4S/c1-3-32-22-15-14-18(17-23(22)31-2)16-21-24(29)27(19-10-6-4-7-11-19)26(33)28(25(21)30)20-12-8-5-9-13-20/h4-17H,3H2,1-2H3. The number of anilines is 2. The molecule has 4 rings (SSSR count). The lowest BCUT2D eigenvalue weighted by molar-refractivity contribution is -0.120. The SMILES string of the molecule is CCOc1ccc(C=C2C(=O)N(c3ccccc3)C(=S)N(c3ccccc3)C2=O)cc1OC. The van der Waals surface area contributed by atoms with Crippen molar-refractivity contribution in [3.8, 4) is 11.5 Å². The third-order valence-electron chi connectivity index (χ3n) is 5.08. The van der Waals surface area contributed by atoms with Crippen molar-refractivity contribution in [1.82, 2.24) is 0 Å². The van der Waals surface area contributed by atoms with Gasteiger partial charge in [-0.05, 0) is 67.2 Å². The third-order valence-corrected chi connectivity index (χ3v) is 5.44. The number of benzene rings is 3. The molecular formula is C26H22N2O4S. The van der Waals surface area contributed by atoms with E-state index in [4.69, 9.17) is 21.7 Å². The normalized spacial score (nSPS) is 13.9. The van der Waals surface area contributed by atoms with Crippen molar-refractivity contribution in [3.63, 3.8) is 0 Å². The van der Waals surface area contributed by atoms with Crippen LogP contribution in [-0.4, -0.2) is 30.6 Å². The molecule has 33 heavy (non-hydrogen) atoms. The summed E-state index contributed by atoms with van der Waals surface area (Å²) < 4.78 is 11.0. The maximum Gasteiger partial charge on any atom is 0.270 e. The number of carbonyl (C=O) groups is 2. The summed E-state index contributed by atoms with van der Waals surface area (Å²) in [7, 11) is 1.54. The van der Waals surface area contributed by atoms with E-state index in [-0.39, 0.29) is 10.7 Å². The van der Waals surface area contributed by atoms with Crippen LogP contribution in [0.4, 0.5) is 11.4 Å². The van der Waals surface area contributed by atoms with Gasteiger partial charge >= 0.3 is 0 Å². The number of para-hydroxylation sites is 2. The first-order chi connectivity index (χ1) is 16.0. The van der Waals surface area contributed by atoms with E-state index in [9.17, 15) is 9.59 Å². The number of amides is 2. The molecule has 0 saturated carbocycles. The molecular weight excluding hydrogens is 436 g/mol. The first-order valence-corrected chi connectivity index (χ1v) is 10.8. The fourth-order valence-electron chi connectivity index (χ4n) is 3.55. The summed E-state index contributed by atoms with van der Waals surface area (Å²) in [5, 5.41) is 0.101. The molecule has 1 fully saturated rings. The van der Waals surface area contributed by atoms with Gasteiger partial charge in [-0.3, -0.25) is 19.4 Å². The minimum Gasteiger partial charge on any atom is -0.493 e. The lowest BCUT2D eigenvalue weighted by atomic mass is 10.0. The molecule has 0 aromatic heterocycles. The van der Waals surface area contributed by atoms with E-state index in [2.05, 4.69) is 0 Å². The zero-order valence-electron chi connectivity index (χ0n) is 18.2. The summed E-state index contributed by atoms with van der Waals surface area (Å²) in [5.74, 6) is 0.117. The van der Waals surface area contributed by atoms with Gasteiger partial charge in [0, 0.05) is 0 Å². The smallest absolute Gasteiger partial charge is 0.270 e. The van der Waals surface area contributed by atoms with Gasteiger partial charge < -0.3 is 9.47 Å². The summed E-state index contributed by atoms with van der Waals surface area (Å²) in [6.45, 7) is 2.37. The molecule has 0 unspecified atom stereocenters. The Labute approximate surface area is 197 Å². The Hall–Kier alpha value is -3.97. The second kappa shape index (κ2) is 9.67. The van der Waals surface area contributed by atoms with E-state index in [0.717, 1.165) is 0 Å². The zero-order chi connectivity index (χ0) is 23.4. The van der Waals surface area contributed by atoms with Crippen LogP contribution in [-0.2, 0) is 9.59 Å². The maximum atomic E-state index is 13.5. The molecule has 7 heteroatoms. The second-order valence-electron chi connectivity index (χ2n) is 7.14. The Balaban J connectivity index is 1.83. The lowest BCUT2D eigenvalue weighted by Crippen LogP contribution is -2.56. The highest BCUT2D eigenvalue weighted by Crippen LogP contribution is 2.32. The van der Waals surface area contributed by atoms with Gasteiger partial charge in [-0.25, -0.2) is 0 Å². The third kappa shape index (κ3) is 4.36. The van der Waals surface area contributed by atoms with Crippen molar-refractivity contribution >= 4 is 46.6 Å². The Morgan fingerprint density at radius 1 is 0.818 bits per heavy atom. The number of nitrogens with zero attached hydrogens (tertiary/aromatic N) is 2. The molecule has 6 nitrogen and oxygen atoms in total. The van der Waals surface area contributed by atoms with Gasteiger partial charge in [-0.2, -0.15) is 0 Å². The van der Waals surface area contributed by atoms with Crippen LogP contribution in [0.15, 0.2) is 84.4 Å². The van der Waals surface area contributed by atoms with E-state index in [0.29, 0.717) is 35.0 Å². The lowest BCUT2D eigenvalue weighted by Gasteiger charge is -2.36. The molecule has 3 aromatic carbocycles. The highest BCUT2D eigenvalue weighted by atomic mass is 32.1. The van der Waals surface area contributed by atoms with Crippen LogP contribution in [0.3, 0.4) is 0 Å². The average Bonchev–Trinajstić information content (AvgIpc) is 2.84. The van der Waals surface area contributed by atoms with E-state index in [1.165, 1.54) is 9.80 Å². The molecule has 0 atom stereocenters. The van der Waals surface area contributed by atoms with E-state index in [1.54, 1.807) is 55.7 Å². The van der Waals surface area contributed by atoms with Gasteiger partial charge in [0.05, 0.1) is 25.1 Å². The molecule has 1 heterocycles. The molecule has 0 radical (unpaired) electrons. The van der Waals surface area contributed by atoms with Gasteiger partial charge in [0.15, 0.2) is 16.6 Å². The Kier molecular flexibility index (Phi) is 6.51. The predicted molar refractivity (Wildman–Crippen MR) is 133 cm³/mol. The summed E-state index contributed by atoms with van der Waals surface area (Å²) >= 11 is 5.62. The van der Waals surface area contributed by atoms with Crippen molar-refractivity contribution < 1.29 is 19.1 Å². The Bertz CT molecular complexity index is 1160. The molecule has 1 aliphatic heterocycles. The van der Waals surface area contributed by atoms with E-state index in [1.807, 2.05) is 43.3 Å². The molecule has 1 aliphatic rings. The van der Waals surface area contributed by atoms with Crippen LogP contribution in [0.5, 0.6) is 11.5 Å². The van der Waals surface area contributed by atoms with Crippen LogP contribution >= 0.6 is 12.2 Å². The fraction of sp³-hybridized carbons (Fsp3) is 0.115. The summed E-state index contributed by atoms with van der Waals surface area (Å²) in [6, 6.07) is 23.3. The zero-order valence-corrected chi connectivity index (χ0v) is 19.0. The quantitative estimate of drug-likeness (QED) is 0.301. The maximum absolute atomic E-state index is 13.5. The number of hydrogen-bond acceptors (Lipinski definition) is 5. The van der Waals surface area contributed by atoms with Crippen molar-refractivity contribution in [2.24, 2.45) is 0 Å². The van der Waals surface area contributed by atoms with Crippen molar-refractivity contribution in [1.29, 1.82) is 0 Å². The van der Waals surface area contributed by atoms with Gasteiger partial charge in [0.25, 0.3) is 11.8 Å². The van der Waals surface area contributed by atoms with E-state index < -0.39 is 11.8 Å². The van der Waals surface area contributed by atoms with Crippen LogP contribution in [0.1, 0.15) is 12.5 Å². The van der Waals surface area contributed by atoms with Crippen LogP contribution in [0.2, 0.25) is 0 Å². The second-order valence-corrected chi connectivity index (χ2v) is 7.50. The highest BCUT2D eigenvalue weighted by Gasteiger charge is 2.41. The summed E-state index contributed by atoms with van der Waals surface area (Å²) in [5.41, 5.74) is 1.77. The van der Waals surface area contributed by atoms with Crippen molar-refractivity contribution in [2.45, 2.75) is 6.92 Å². The van der Waals surface area contributed by atoms with Gasteiger partial charge in [0.2, 0.25) is 0 Å². The molecule has 3 aromatic rings. The number of ether oxygens (including phenoxy) is 2. The van der Waals surface area contributed by atoms with Crippen molar-refractivity contribution in [3.05, 3.63) is 90.0 Å². The number of carbonyl (C=O) groups excluding carboxylic acids is 2. The van der Waals surface area contributed by atoms with Crippen molar-refractivity contribution in [2.75, 3.05) is 23.5 Å². The number of hydrogen-bond donors (Lipinski definition) is 0. The minimum atomic E-state index is -0.490. The number of thiocarbonyl (C=S) groups is 1. The van der Waals surface area contributed by atoms with Gasteiger partial charge in [-0.1, -0.05) is 42.5 Å². The van der Waals surface area contributed by atoms with Gasteiger partial charge in [-0.15, -0.1) is 0 Å². The molecule has 1 saturated heterocycles. The van der Waals surface area contributed by atoms with E-state index >= 15 is 0 Å². The number of methoxy groups -OCH3 is 1. The van der Waals surface area contributed by atoms with Gasteiger partial charge in [0.1, 0.15) is 5.57 Å². The molecule has 166 valence electrons.